The van der Waals surface area contributed by atoms with Crippen LogP contribution >= 0.6 is 12.2 Å². The third-order valence-corrected chi connectivity index (χ3v) is 4.23. The van der Waals surface area contributed by atoms with Crippen LogP contribution in [0.4, 0.5) is 11.5 Å². The first-order valence-electron chi connectivity index (χ1n) is 8.09. The third kappa shape index (κ3) is 4.06. The van der Waals surface area contributed by atoms with Gasteiger partial charge in [0.05, 0.1) is 23.6 Å². The highest BCUT2D eigenvalue weighted by Crippen LogP contribution is 2.21. The monoisotopic (exact) mass is 354 g/mol. The van der Waals surface area contributed by atoms with Crippen LogP contribution in [0.2, 0.25) is 0 Å². The molecule has 0 aliphatic heterocycles. The molecule has 0 amide bonds. The first kappa shape index (κ1) is 17.2. The van der Waals surface area contributed by atoms with Gasteiger partial charge in [0.15, 0.2) is 10.9 Å². The number of rotatable bonds is 4. The van der Waals surface area contributed by atoms with E-state index >= 15 is 0 Å². The summed E-state index contributed by atoms with van der Waals surface area (Å²) in [4.78, 5) is 0. The summed E-state index contributed by atoms with van der Waals surface area (Å²) in [7, 11) is 1.87. The number of aryl methyl sites for hydroxylation is 3. The highest BCUT2D eigenvalue weighted by molar-refractivity contribution is 7.80. The summed E-state index contributed by atoms with van der Waals surface area (Å²) >= 11 is 5.39. The minimum Gasteiger partial charge on any atom is -0.329 e. The summed E-state index contributed by atoms with van der Waals surface area (Å²) in [5.41, 5.74) is 5.36. The van der Waals surface area contributed by atoms with Gasteiger partial charge in [0.25, 0.3) is 0 Å². The molecule has 0 saturated heterocycles. The fourth-order valence-corrected chi connectivity index (χ4v) is 2.85. The van der Waals surface area contributed by atoms with E-state index in [1.165, 1.54) is 11.1 Å². The largest absolute Gasteiger partial charge is 0.329 e. The Morgan fingerprint density at radius 2 is 1.76 bits per heavy atom. The molecule has 25 heavy (non-hydrogen) atoms. The van der Waals surface area contributed by atoms with Gasteiger partial charge in [-0.15, -0.1) is 0 Å². The number of aromatic nitrogens is 4. The molecule has 0 spiro atoms. The number of benzene rings is 1. The van der Waals surface area contributed by atoms with Gasteiger partial charge in [-0.25, -0.2) is 0 Å². The second-order valence-corrected chi connectivity index (χ2v) is 6.55. The van der Waals surface area contributed by atoms with Gasteiger partial charge in [-0.3, -0.25) is 9.36 Å². The molecule has 6 nitrogen and oxygen atoms in total. The molecule has 0 saturated carbocycles. The van der Waals surface area contributed by atoms with Gasteiger partial charge in [0.1, 0.15) is 0 Å². The van der Waals surface area contributed by atoms with Crippen molar-refractivity contribution in [1.82, 2.24) is 19.6 Å². The molecule has 130 valence electrons. The number of anilines is 2. The standard InChI is InChI=1S/C18H22N6S/c1-12-5-7-15(8-6-12)11-24-14(3)17(13(2)21-24)20-18(25)19-16-9-10-23(4)22-16/h5-10H,11H2,1-4H3,(H2,19,20,22,25). The Hall–Kier alpha value is -2.67. The molecule has 3 aromatic rings. The number of nitrogens with one attached hydrogen (secondary N) is 2. The lowest BCUT2D eigenvalue weighted by Crippen LogP contribution is -2.20. The Bertz CT molecular complexity index is 891. The molecule has 0 fully saturated rings. The van der Waals surface area contributed by atoms with Crippen molar-refractivity contribution in [2.45, 2.75) is 27.3 Å². The zero-order valence-corrected chi connectivity index (χ0v) is 15.7. The summed E-state index contributed by atoms with van der Waals surface area (Å²) in [6.07, 6.45) is 1.86. The summed E-state index contributed by atoms with van der Waals surface area (Å²) < 4.78 is 3.72. The van der Waals surface area contributed by atoms with E-state index in [9.17, 15) is 0 Å². The second-order valence-electron chi connectivity index (χ2n) is 6.14. The highest BCUT2D eigenvalue weighted by Gasteiger charge is 2.13. The molecule has 0 atom stereocenters. The Balaban J connectivity index is 1.72. The van der Waals surface area contributed by atoms with Crippen LogP contribution < -0.4 is 10.6 Å². The van der Waals surface area contributed by atoms with E-state index in [1.807, 2.05) is 37.8 Å². The van der Waals surface area contributed by atoms with Crippen molar-refractivity contribution in [3.8, 4) is 0 Å². The van der Waals surface area contributed by atoms with Gasteiger partial charge < -0.3 is 10.6 Å². The molecule has 0 aliphatic carbocycles. The minimum atomic E-state index is 0.500. The van der Waals surface area contributed by atoms with Gasteiger partial charge >= 0.3 is 0 Å². The van der Waals surface area contributed by atoms with Gasteiger partial charge in [-0.1, -0.05) is 29.8 Å². The van der Waals surface area contributed by atoms with Crippen LogP contribution in [0.1, 0.15) is 22.5 Å². The normalized spacial score (nSPS) is 10.7. The maximum atomic E-state index is 5.39. The summed E-state index contributed by atoms with van der Waals surface area (Å²) in [5, 5.41) is 15.7. The number of hydrogen-bond acceptors (Lipinski definition) is 3. The predicted molar refractivity (Wildman–Crippen MR) is 105 cm³/mol. The minimum absolute atomic E-state index is 0.500. The van der Waals surface area contributed by atoms with Crippen molar-refractivity contribution >= 4 is 28.8 Å². The first-order chi connectivity index (χ1) is 11.9. The van der Waals surface area contributed by atoms with Gasteiger partial charge in [-0.05, 0) is 38.6 Å². The Labute approximate surface area is 152 Å². The zero-order valence-electron chi connectivity index (χ0n) is 14.9. The lowest BCUT2D eigenvalue weighted by atomic mass is 10.1. The molecule has 2 heterocycles. The fourth-order valence-electron chi connectivity index (χ4n) is 2.64. The second kappa shape index (κ2) is 7.06. The van der Waals surface area contributed by atoms with E-state index in [2.05, 4.69) is 52.0 Å². The third-order valence-electron chi connectivity index (χ3n) is 4.03. The molecule has 3 rings (SSSR count). The van der Waals surface area contributed by atoms with Crippen LogP contribution in [-0.4, -0.2) is 24.7 Å². The van der Waals surface area contributed by atoms with Crippen molar-refractivity contribution in [3.05, 3.63) is 59.0 Å². The van der Waals surface area contributed by atoms with Crippen LogP contribution in [0.15, 0.2) is 36.5 Å². The van der Waals surface area contributed by atoms with Gasteiger partial charge in [-0.2, -0.15) is 10.2 Å². The van der Waals surface area contributed by atoms with Crippen LogP contribution in [0.5, 0.6) is 0 Å². The number of nitrogens with zero attached hydrogens (tertiary/aromatic N) is 4. The number of thiocarbonyl (C=S) groups is 1. The van der Waals surface area contributed by atoms with Crippen LogP contribution in [0.3, 0.4) is 0 Å². The van der Waals surface area contributed by atoms with Crippen molar-refractivity contribution in [3.63, 3.8) is 0 Å². The SMILES string of the molecule is Cc1ccc(Cn2nc(C)c(NC(=S)Nc3ccn(C)n3)c2C)cc1. The van der Waals surface area contributed by atoms with E-state index in [4.69, 9.17) is 12.2 Å². The van der Waals surface area contributed by atoms with Gasteiger partial charge in [0, 0.05) is 19.3 Å². The topological polar surface area (TPSA) is 59.7 Å². The summed E-state index contributed by atoms with van der Waals surface area (Å²) in [6, 6.07) is 10.4. The van der Waals surface area contributed by atoms with E-state index in [-0.39, 0.29) is 0 Å². The van der Waals surface area contributed by atoms with E-state index < -0.39 is 0 Å². The molecular formula is C18H22N6S. The molecule has 2 N–H and O–H groups in total. The zero-order chi connectivity index (χ0) is 18.0. The average Bonchev–Trinajstić information content (AvgIpc) is 3.08. The Kier molecular flexibility index (Phi) is 4.85. The molecule has 0 bridgehead atoms. The maximum Gasteiger partial charge on any atom is 0.176 e. The van der Waals surface area contributed by atoms with Crippen LogP contribution in [-0.2, 0) is 13.6 Å². The van der Waals surface area contributed by atoms with Crippen LogP contribution in [0.25, 0.3) is 0 Å². The average molecular weight is 354 g/mol. The molecule has 7 heteroatoms. The molecule has 2 aromatic heterocycles. The Morgan fingerprint density at radius 1 is 1.04 bits per heavy atom. The highest BCUT2D eigenvalue weighted by atomic mass is 32.1. The molecule has 0 unspecified atom stereocenters. The van der Waals surface area contributed by atoms with Crippen molar-refractivity contribution in [2.75, 3.05) is 10.6 Å². The lowest BCUT2D eigenvalue weighted by molar-refractivity contribution is 0.659. The van der Waals surface area contributed by atoms with Gasteiger partial charge in [0.2, 0.25) is 0 Å². The summed E-state index contributed by atoms with van der Waals surface area (Å²) in [5.74, 6) is 0.711. The maximum absolute atomic E-state index is 5.39. The predicted octanol–water partition coefficient (Wildman–Crippen LogP) is 3.40. The quantitative estimate of drug-likeness (QED) is 0.703. The first-order valence-corrected chi connectivity index (χ1v) is 8.50. The Morgan fingerprint density at radius 3 is 2.40 bits per heavy atom. The molecule has 1 aromatic carbocycles. The van der Waals surface area contributed by atoms with Crippen molar-refractivity contribution in [2.24, 2.45) is 7.05 Å². The van der Waals surface area contributed by atoms with Crippen LogP contribution in [0, 0.1) is 20.8 Å². The van der Waals surface area contributed by atoms with Crippen molar-refractivity contribution < 1.29 is 0 Å². The molecule has 0 aliphatic rings. The smallest absolute Gasteiger partial charge is 0.176 e. The molecule has 0 radical (unpaired) electrons. The van der Waals surface area contributed by atoms with E-state index in [0.717, 1.165) is 23.6 Å². The fraction of sp³-hybridized carbons (Fsp3) is 0.278. The van der Waals surface area contributed by atoms with Crippen molar-refractivity contribution in [1.29, 1.82) is 0 Å². The van der Waals surface area contributed by atoms with E-state index in [1.54, 1.807) is 4.68 Å². The van der Waals surface area contributed by atoms with E-state index in [0.29, 0.717) is 10.9 Å². The summed E-state index contributed by atoms with van der Waals surface area (Å²) in [6.45, 7) is 6.84. The molecular weight excluding hydrogens is 332 g/mol. The number of hydrogen-bond donors (Lipinski definition) is 2. The lowest BCUT2D eigenvalue weighted by Gasteiger charge is -2.10.